The number of alkyl carbamates (subject to hydrolysis) is 1. The fourth-order valence-electron chi connectivity index (χ4n) is 2.90. The summed E-state index contributed by atoms with van der Waals surface area (Å²) in [6.07, 6.45) is 0.380. The number of rotatable bonds is 8. The molecule has 0 aliphatic heterocycles. The molecule has 0 radical (unpaired) electrons. The Morgan fingerprint density at radius 1 is 0.944 bits per heavy atom. The molecule has 2 aromatic rings. The highest BCUT2D eigenvalue weighted by Gasteiger charge is 2.42. The number of hydrogen-bond acceptors (Lipinski definition) is 6. The van der Waals surface area contributed by atoms with Gasteiger partial charge in [-0.15, -0.1) is 0 Å². The van der Waals surface area contributed by atoms with Gasteiger partial charge in [-0.2, -0.15) is 0 Å². The van der Waals surface area contributed by atoms with Gasteiger partial charge in [0.2, 0.25) is 0 Å². The fraction of sp³-hybridized carbons (Fsp3) is 0.519. The summed E-state index contributed by atoms with van der Waals surface area (Å²) in [5.41, 5.74) is 0.132. The normalized spacial score (nSPS) is 13.9. The van der Waals surface area contributed by atoms with Gasteiger partial charge in [0, 0.05) is 17.4 Å². The summed E-state index contributed by atoms with van der Waals surface area (Å²) in [5, 5.41) is 5.52. The van der Waals surface area contributed by atoms with Gasteiger partial charge < -0.3 is 19.2 Å². The maximum absolute atomic E-state index is 12.8. The Bertz CT molecular complexity index is 1030. The van der Waals surface area contributed by atoms with E-state index < -0.39 is 31.6 Å². The summed E-state index contributed by atoms with van der Waals surface area (Å²) in [5.74, 6) is 0. The SMILES string of the molecule is CC(C)(C)NC(=O)OC(C)(CO[Si](C)(C)C(C)(C)C)c1cc(NC(=O)OCc2ccccc2)ccn1. The molecule has 1 atom stereocenters. The molecule has 0 aliphatic carbocycles. The second kappa shape index (κ2) is 11.4. The molecule has 0 aliphatic rings. The van der Waals surface area contributed by atoms with Crippen LogP contribution >= 0.6 is 0 Å². The lowest BCUT2D eigenvalue weighted by Gasteiger charge is -2.39. The number of carbonyl (C=O) groups is 2. The molecule has 9 heteroatoms. The summed E-state index contributed by atoms with van der Waals surface area (Å²) in [7, 11) is -2.16. The zero-order valence-corrected chi connectivity index (χ0v) is 24.0. The average Bonchev–Trinajstić information content (AvgIpc) is 2.75. The molecule has 1 aromatic heterocycles. The van der Waals surface area contributed by atoms with E-state index in [1.54, 1.807) is 25.3 Å². The van der Waals surface area contributed by atoms with Crippen LogP contribution in [0.5, 0.6) is 0 Å². The molecule has 1 unspecified atom stereocenters. The summed E-state index contributed by atoms with van der Waals surface area (Å²) >= 11 is 0. The van der Waals surface area contributed by atoms with Crippen molar-refractivity contribution in [3.05, 3.63) is 59.9 Å². The van der Waals surface area contributed by atoms with Crippen LogP contribution in [0.4, 0.5) is 15.3 Å². The number of nitrogens with one attached hydrogen (secondary N) is 2. The molecule has 8 nitrogen and oxygen atoms in total. The maximum atomic E-state index is 12.8. The van der Waals surface area contributed by atoms with Crippen molar-refractivity contribution in [2.75, 3.05) is 11.9 Å². The Labute approximate surface area is 216 Å². The largest absolute Gasteiger partial charge is 0.444 e. The molecule has 1 aromatic carbocycles. The number of aromatic nitrogens is 1. The number of pyridine rings is 1. The number of hydrogen-bond donors (Lipinski definition) is 2. The van der Waals surface area contributed by atoms with E-state index in [-0.39, 0.29) is 18.3 Å². The third kappa shape index (κ3) is 8.95. The minimum Gasteiger partial charge on any atom is -0.444 e. The summed E-state index contributed by atoms with van der Waals surface area (Å²) in [6.45, 7) is 18.4. The monoisotopic (exact) mass is 515 g/mol. The maximum Gasteiger partial charge on any atom is 0.411 e. The van der Waals surface area contributed by atoms with Gasteiger partial charge in [0.25, 0.3) is 0 Å². The number of amides is 2. The molecule has 2 amide bonds. The van der Waals surface area contributed by atoms with Gasteiger partial charge in [-0.25, -0.2) is 9.59 Å². The highest BCUT2D eigenvalue weighted by molar-refractivity contribution is 6.74. The van der Waals surface area contributed by atoms with E-state index in [1.807, 2.05) is 51.1 Å². The third-order valence-corrected chi connectivity index (χ3v) is 10.5. The van der Waals surface area contributed by atoms with E-state index in [2.05, 4.69) is 49.5 Å². The van der Waals surface area contributed by atoms with Gasteiger partial charge >= 0.3 is 12.2 Å². The van der Waals surface area contributed by atoms with E-state index in [0.29, 0.717) is 11.4 Å². The topological polar surface area (TPSA) is 98.8 Å². The summed E-state index contributed by atoms with van der Waals surface area (Å²) in [6, 6.07) is 12.7. The number of anilines is 1. The predicted molar refractivity (Wildman–Crippen MR) is 144 cm³/mol. The van der Waals surface area contributed by atoms with E-state index in [1.165, 1.54) is 0 Å². The lowest BCUT2D eigenvalue weighted by Crippen LogP contribution is -2.49. The first-order valence-corrected chi connectivity index (χ1v) is 15.0. The Hall–Kier alpha value is -2.91. The van der Waals surface area contributed by atoms with Crippen LogP contribution in [0.3, 0.4) is 0 Å². The van der Waals surface area contributed by atoms with E-state index in [4.69, 9.17) is 13.9 Å². The standard InChI is InChI=1S/C27H41N3O5Si/c1-25(2,3)30-24(32)35-27(7,19-34-36(8,9)26(4,5)6)22-17-21(15-16-28-22)29-23(31)33-18-20-13-11-10-12-14-20/h10-17H,18-19H2,1-9H3,(H,30,32)(H,28,29,31). The van der Waals surface area contributed by atoms with Crippen LogP contribution in [0.2, 0.25) is 18.1 Å². The van der Waals surface area contributed by atoms with Crippen molar-refractivity contribution in [3.63, 3.8) is 0 Å². The Morgan fingerprint density at radius 2 is 1.58 bits per heavy atom. The number of benzene rings is 1. The zero-order chi connectivity index (χ0) is 27.2. The lowest BCUT2D eigenvalue weighted by molar-refractivity contribution is -0.0223. The van der Waals surface area contributed by atoms with Crippen LogP contribution in [-0.2, 0) is 26.1 Å². The van der Waals surface area contributed by atoms with Crippen LogP contribution in [0.1, 0.15) is 59.7 Å². The fourth-order valence-corrected chi connectivity index (χ4v) is 3.97. The minimum atomic E-state index is -2.16. The first-order valence-electron chi connectivity index (χ1n) is 12.1. The van der Waals surface area contributed by atoms with Crippen LogP contribution in [0.25, 0.3) is 0 Å². The van der Waals surface area contributed by atoms with Gasteiger partial charge in [0.15, 0.2) is 13.9 Å². The van der Waals surface area contributed by atoms with Crippen LogP contribution in [-0.4, -0.2) is 37.6 Å². The third-order valence-electron chi connectivity index (χ3n) is 6.07. The van der Waals surface area contributed by atoms with Crippen LogP contribution < -0.4 is 10.6 Å². The van der Waals surface area contributed by atoms with E-state index in [9.17, 15) is 9.59 Å². The van der Waals surface area contributed by atoms with Gasteiger partial charge in [0.1, 0.15) is 6.61 Å². The van der Waals surface area contributed by atoms with E-state index in [0.717, 1.165) is 5.56 Å². The van der Waals surface area contributed by atoms with Crippen LogP contribution in [0, 0.1) is 0 Å². The first-order chi connectivity index (χ1) is 16.5. The van der Waals surface area contributed by atoms with E-state index >= 15 is 0 Å². The van der Waals surface area contributed by atoms with Gasteiger partial charge in [-0.3, -0.25) is 10.3 Å². The summed E-state index contributed by atoms with van der Waals surface area (Å²) in [4.78, 5) is 29.6. The first kappa shape index (κ1) is 29.3. The van der Waals surface area contributed by atoms with Crippen molar-refractivity contribution in [1.29, 1.82) is 0 Å². The molecule has 36 heavy (non-hydrogen) atoms. The second-order valence-electron chi connectivity index (χ2n) is 11.7. The Kier molecular flexibility index (Phi) is 9.31. The van der Waals surface area contributed by atoms with Gasteiger partial charge in [-0.1, -0.05) is 51.1 Å². The molecule has 0 spiro atoms. The van der Waals surface area contributed by atoms with Gasteiger partial charge in [0.05, 0.1) is 12.3 Å². The molecule has 2 rings (SSSR count). The van der Waals surface area contributed by atoms with Crippen molar-refractivity contribution >= 4 is 26.2 Å². The lowest BCUT2D eigenvalue weighted by atomic mass is 10.0. The summed E-state index contributed by atoms with van der Waals surface area (Å²) < 4.78 is 17.7. The number of nitrogens with zero attached hydrogens (tertiary/aromatic N) is 1. The predicted octanol–water partition coefficient (Wildman–Crippen LogP) is 6.59. The Morgan fingerprint density at radius 3 is 2.17 bits per heavy atom. The second-order valence-corrected chi connectivity index (χ2v) is 16.5. The zero-order valence-electron chi connectivity index (χ0n) is 23.0. The highest BCUT2D eigenvalue weighted by Crippen LogP contribution is 2.38. The molecular weight excluding hydrogens is 474 g/mol. The molecule has 0 saturated heterocycles. The number of ether oxygens (including phenoxy) is 2. The quantitative estimate of drug-likeness (QED) is 0.385. The highest BCUT2D eigenvalue weighted by atomic mass is 28.4. The van der Waals surface area contributed by atoms with Gasteiger partial charge in [-0.05, 0) is 63.5 Å². The molecule has 0 bridgehead atoms. The minimum absolute atomic E-state index is 0.0269. The van der Waals surface area contributed by atoms with Crippen molar-refractivity contribution in [3.8, 4) is 0 Å². The molecule has 0 saturated carbocycles. The molecule has 1 heterocycles. The van der Waals surface area contributed by atoms with Crippen molar-refractivity contribution in [2.45, 2.75) is 84.3 Å². The van der Waals surface area contributed by atoms with Crippen molar-refractivity contribution in [1.82, 2.24) is 10.3 Å². The average molecular weight is 516 g/mol. The molecular formula is C27H41N3O5Si. The van der Waals surface area contributed by atoms with Crippen LogP contribution in [0.15, 0.2) is 48.7 Å². The van der Waals surface area contributed by atoms with Crippen molar-refractivity contribution in [2.24, 2.45) is 0 Å². The van der Waals surface area contributed by atoms with Crippen molar-refractivity contribution < 1.29 is 23.5 Å². The number of carbonyl (C=O) groups excluding carboxylic acids is 2. The Balaban J connectivity index is 2.23. The molecule has 2 N–H and O–H groups in total. The molecule has 0 fully saturated rings. The molecule has 198 valence electrons. The smallest absolute Gasteiger partial charge is 0.411 e.